The van der Waals surface area contributed by atoms with Gasteiger partial charge < -0.3 is 9.80 Å². The third kappa shape index (κ3) is 6.16. The van der Waals surface area contributed by atoms with E-state index in [0.29, 0.717) is 0 Å². The fourth-order valence-electron chi connectivity index (χ4n) is 8.66. The smallest absolute Gasteiger partial charge is 0.0540 e. The van der Waals surface area contributed by atoms with Gasteiger partial charge >= 0.3 is 0 Å². The molecule has 0 aromatic heterocycles. The summed E-state index contributed by atoms with van der Waals surface area (Å²) in [5.41, 5.74) is 16.6. The lowest BCUT2D eigenvalue weighted by molar-refractivity contribution is 0.632. The van der Waals surface area contributed by atoms with Gasteiger partial charge in [-0.05, 0) is 111 Å². The van der Waals surface area contributed by atoms with Crippen molar-refractivity contribution in [2.45, 2.75) is 19.3 Å². The van der Waals surface area contributed by atoms with E-state index >= 15 is 0 Å². The summed E-state index contributed by atoms with van der Waals surface area (Å²) in [7, 11) is 0. The highest BCUT2D eigenvalue weighted by Crippen LogP contribution is 2.53. The van der Waals surface area contributed by atoms with E-state index in [0.717, 1.165) is 17.1 Å². The highest BCUT2D eigenvalue weighted by Gasteiger charge is 2.37. The first kappa shape index (κ1) is 34.3. The first-order chi connectivity index (χ1) is 28.0. The number of rotatable bonds is 7. The molecule has 0 amide bonds. The second-order valence-electron chi connectivity index (χ2n) is 15.4. The molecule has 0 bridgehead atoms. The second kappa shape index (κ2) is 14.2. The van der Waals surface area contributed by atoms with Crippen LogP contribution in [0.5, 0.6) is 0 Å². The van der Waals surface area contributed by atoms with Crippen LogP contribution in [-0.4, -0.2) is 0 Å². The van der Waals surface area contributed by atoms with Gasteiger partial charge in [0.2, 0.25) is 0 Å². The van der Waals surface area contributed by atoms with E-state index in [1.807, 2.05) is 0 Å². The van der Waals surface area contributed by atoms with Crippen LogP contribution in [0.25, 0.3) is 44.2 Å². The summed E-state index contributed by atoms with van der Waals surface area (Å²) >= 11 is 0. The minimum atomic E-state index is -0.197. The number of para-hydroxylation sites is 1. The van der Waals surface area contributed by atoms with Gasteiger partial charge in [0.15, 0.2) is 0 Å². The van der Waals surface area contributed by atoms with Gasteiger partial charge in [-0.1, -0.05) is 172 Å². The highest BCUT2D eigenvalue weighted by molar-refractivity contribution is 6.01. The molecule has 272 valence electrons. The maximum absolute atomic E-state index is 2.47. The molecule has 9 aromatic carbocycles. The summed E-state index contributed by atoms with van der Waals surface area (Å²) in [6, 6.07) is 79.3. The first-order valence-corrected chi connectivity index (χ1v) is 19.8. The summed E-state index contributed by atoms with van der Waals surface area (Å²) in [5.74, 6) is 0. The number of hydrogen-bond acceptors (Lipinski definition) is 2. The molecule has 2 nitrogen and oxygen atoms in total. The zero-order valence-corrected chi connectivity index (χ0v) is 32.2. The van der Waals surface area contributed by atoms with E-state index in [1.54, 1.807) is 0 Å². The Labute approximate surface area is 335 Å². The molecule has 57 heavy (non-hydrogen) atoms. The van der Waals surface area contributed by atoms with E-state index in [1.165, 1.54) is 72.3 Å². The minimum absolute atomic E-state index is 0.197. The summed E-state index contributed by atoms with van der Waals surface area (Å²) in [5, 5.41) is 2.48. The number of nitrogens with zero attached hydrogens (tertiary/aromatic N) is 2. The SMILES string of the molecule is CC1(C)c2ccccc2N(c2cccc3ccccc23)c2ccc(-c3ccc(N(c4ccc(-c5ccccc5)cc4)c4ccc(-c5ccccc5)cc4)cc3)cc21. The topological polar surface area (TPSA) is 6.48 Å². The van der Waals surface area contributed by atoms with Crippen LogP contribution in [0.1, 0.15) is 25.0 Å². The Bertz CT molecular complexity index is 2750. The Morgan fingerprint density at radius 1 is 0.333 bits per heavy atom. The zero-order chi connectivity index (χ0) is 38.3. The normalized spacial score (nSPS) is 12.8. The Hall–Kier alpha value is -7.16. The van der Waals surface area contributed by atoms with Crippen molar-refractivity contribution in [2.24, 2.45) is 0 Å². The lowest BCUT2D eigenvalue weighted by Crippen LogP contribution is -2.30. The van der Waals surface area contributed by atoms with Crippen molar-refractivity contribution in [1.82, 2.24) is 0 Å². The van der Waals surface area contributed by atoms with Crippen molar-refractivity contribution in [3.63, 3.8) is 0 Å². The lowest BCUT2D eigenvalue weighted by Gasteiger charge is -2.42. The van der Waals surface area contributed by atoms with Crippen molar-refractivity contribution in [3.05, 3.63) is 230 Å². The molecular weight excluding hydrogens is 689 g/mol. The van der Waals surface area contributed by atoms with Gasteiger partial charge in [0.1, 0.15) is 0 Å². The van der Waals surface area contributed by atoms with Crippen LogP contribution in [0.15, 0.2) is 218 Å². The van der Waals surface area contributed by atoms with E-state index in [2.05, 4.69) is 242 Å². The Balaban J connectivity index is 1.04. The summed E-state index contributed by atoms with van der Waals surface area (Å²) in [6.07, 6.45) is 0. The lowest BCUT2D eigenvalue weighted by atomic mass is 9.73. The molecule has 1 heterocycles. The number of anilines is 6. The average molecular weight is 731 g/mol. The van der Waals surface area contributed by atoms with Gasteiger partial charge in [-0.2, -0.15) is 0 Å². The quantitative estimate of drug-likeness (QED) is 0.161. The van der Waals surface area contributed by atoms with Crippen molar-refractivity contribution in [3.8, 4) is 33.4 Å². The van der Waals surface area contributed by atoms with Crippen LogP contribution in [0.4, 0.5) is 34.1 Å². The molecule has 0 aliphatic carbocycles. The molecule has 1 aliphatic heterocycles. The van der Waals surface area contributed by atoms with Gasteiger partial charge in [-0.25, -0.2) is 0 Å². The van der Waals surface area contributed by atoms with Crippen LogP contribution >= 0.6 is 0 Å². The van der Waals surface area contributed by atoms with E-state index in [9.17, 15) is 0 Å². The Morgan fingerprint density at radius 3 is 1.35 bits per heavy atom. The molecule has 10 rings (SSSR count). The highest BCUT2D eigenvalue weighted by atomic mass is 15.2. The van der Waals surface area contributed by atoms with Crippen LogP contribution in [0.2, 0.25) is 0 Å². The second-order valence-corrected chi connectivity index (χ2v) is 15.4. The van der Waals surface area contributed by atoms with E-state index in [-0.39, 0.29) is 5.41 Å². The third-order valence-corrected chi connectivity index (χ3v) is 11.7. The average Bonchev–Trinajstić information content (AvgIpc) is 3.28. The van der Waals surface area contributed by atoms with E-state index < -0.39 is 0 Å². The van der Waals surface area contributed by atoms with Crippen molar-refractivity contribution < 1.29 is 0 Å². The summed E-state index contributed by atoms with van der Waals surface area (Å²) in [4.78, 5) is 4.82. The van der Waals surface area contributed by atoms with Crippen LogP contribution in [0, 0.1) is 0 Å². The monoisotopic (exact) mass is 730 g/mol. The molecule has 0 N–H and O–H groups in total. The van der Waals surface area contributed by atoms with Crippen LogP contribution < -0.4 is 9.80 Å². The van der Waals surface area contributed by atoms with Gasteiger partial charge in [0.25, 0.3) is 0 Å². The molecule has 1 aliphatic rings. The van der Waals surface area contributed by atoms with Gasteiger partial charge in [-0.15, -0.1) is 0 Å². The van der Waals surface area contributed by atoms with Crippen molar-refractivity contribution in [2.75, 3.05) is 9.80 Å². The van der Waals surface area contributed by atoms with E-state index in [4.69, 9.17) is 0 Å². The van der Waals surface area contributed by atoms with Crippen molar-refractivity contribution in [1.29, 1.82) is 0 Å². The fraction of sp³-hybridized carbons (Fsp3) is 0.0545. The molecule has 0 fully saturated rings. The number of benzene rings is 9. The Kier molecular flexibility index (Phi) is 8.53. The molecular formula is C55H42N2. The third-order valence-electron chi connectivity index (χ3n) is 11.7. The molecule has 0 saturated carbocycles. The van der Waals surface area contributed by atoms with Gasteiger partial charge in [-0.3, -0.25) is 0 Å². The Morgan fingerprint density at radius 2 is 0.754 bits per heavy atom. The fourth-order valence-corrected chi connectivity index (χ4v) is 8.66. The predicted molar refractivity (Wildman–Crippen MR) is 242 cm³/mol. The maximum Gasteiger partial charge on any atom is 0.0540 e. The molecule has 2 heteroatoms. The van der Waals surface area contributed by atoms with Crippen LogP contribution in [-0.2, 0) is 5.41 Å². The van der Waals surface area contributed by atoms with Crippen molar-refractivity contribution >= 4 is 44.9 Å². The number of fused-ring (bicyclic) bond motifs is 3. The minimum Gasteiger partial charge on any atom is -0.311 e. The zero-order valence-electron chi connectivity index (χ0n) is 32.2. The summed E-state index contributed by atoms with van der Waals surface area (Å²) in [6.45, 7) is 4.73. The molecule has 0 radical (unpaired) electrons. The molecule has 0 saturated heterocycles. The standard InChI is InChI=1S/C55H42N2/c1-55(2)50-21-11-12-22-53(50)57(52-23-13-19-44-18-9-10-20-49(44)52)54-37-30-45(38-51(54)55)43-28-35-48(36-29-43)56(46-31-24-41(25-32-46)39-14-5-3-6-15-39)47-33-26-42(27-34-47)40-16-7-4-8-17-40/h3-38H,1-2H3. The van der Waals surface area contributed by atoms with Gasteiger partial charge in [0.05, 0.1) is 17.1 Å². The predicted octanol–water partition coefficient (Wildman–Crippen LogP) is 15.4. The molecule has 0 unspecified atom stereocenters. The first-order valence-electron chi connectivity index (χ1n) is 19.8. The molecule has 0 atom stereocenters. The van der Waals surface area contributed by atoms with Crippen LogP contribution in [0.3, 0.4) is 0 Å². The maximum atomic E-state index is 2.47. The largest absolute Gasteiger partial charge is 0.311 e. The van der Waals surface area contributed by atoms with Gasteiger partial charge in [0, 0.05) is 27.9 Å². The molecule has 0 spiro atoms. The molecule has 9 aromatic rings. The summed E-state index contributed by atoms with van der Waals surface area (Å²) < 4.78 is 0. The number of hydrogen-bond donors (Lipinski definition) is 0.